The molecule has 0 bridgehead atoms. The van der Waals surface area contributed by atoms with E-state index in [1.165, 1.54) is 48.5 Å². The SMILES string of the molecule is CC(C)(C)[Si](OC[C@H]1O[C@@H](O[C@H]2[C@H](OC(=O)c3ccccc3)[C@@H](OC(=O)c3ccccc3)[C@@H](O)O[C@@H]2COC(=O)c2ccccc2)[C@H](OC(=O)c2ccccc2)[C@@H](O)[C@H]1O)(c1ccccc1)c1ccccc1. The van der Waals surface area contributed by atoms with E-state index in [4.69, 9.17) is 37.6 Å². The lowest BCUT2D eigenvalue weighted by Crippen LogP contribution is -2.69. The number of carbonyl (C=O) groups is 4. The van der Waals surface area contributed by atoms with Gasteiger partial charge in [-0.25, -0.2) is 19.2 Å². The minimum Gasteiger partial charge on any atom is -0.459 e. The number of rotatable bonds is 16. The molecule has 0 aliphatic carbocycles. The van der Waals surface area contributed by atoms with Gasteiger partial charge in [0.2, 0.25) is 0 Å². The monoisotopic (exact) mass is 996 g/mol. The van der Waals surface area contributed by atoms with Crippen molar-refractivity contribution in [2.24, 2.45) is 0 Å². The minimum absolute atomic E-state index is 0.0695. The summed E-state index contributed by atoms with van der Waals surface area (Å²) in [5, 5.41) is 37.2. The van der Waals surface area contributed by atoms with Crippen LogP contribution < -0.4 is 10.4 Å². The molecule has 0 unspecified atom stereocenters. The van der Waals surface area contributed by atoms with Crippen LogP contribution in [0, 0.1) is 0 Å². The van der Waals surface area contributed by atoms with Gasteiger partial charge in [0, 0.05) is 0 Å². The maximum absolute atomic E-state index is 14.1. The van der Waals surface area contributed by atoms with E-state index in [-0.39, 0.29) is 28.9 Å². The summed E-state index contributed by atoms with van der Waals surface area (Å²) in [4.78, 5) is 55.2. The maximum atomic E-state index is 14.1. The van der Waals surface area contributed by atoms with Gasteiger partial charge in [-0.15, -0.1) is 0 Å². The Bertz CT molecular complexity index is 2670. The fourth-order valence-electron chi connectivity index (χ4n) is 8.97. The number of benzene rings is 6. The molecule has 0 aromatic heterocycles. The molecule has 2 aliphatic heterocycles. The number of aliphatic hydroxyl groups excluding tert-OH is 3. The summed E-state index contributed by atoms with van der Waals surface area (Å²) in [5.74, 6) is -3.57. The van der Waals surface area contributed by atoms with E-state index >= 15 is 0 Å². The average molecular weight is 997 g/mol. The summed E-state index contributed by atoms with van der Waals surface area (Å²) >= 11 is 0. The van der Waals surface area contributed by atoms with E-state index in [9.17, 15) is 34.5 Å². The van der Waals surface area contributed by atoms with E-state index in [1.807, 2.05) is 60.7 Å². The normalized spacial score (nSPS) is 24.3. The molecule has 2 aliphatic rings. The van der Waals surface area contributed by atoms with Crippen molar-refractivity contribution >= 4 is 42.6 Å². The topological polar surface area (TPSA) is 203 Å². The Morgan fingerprint density at radius 3 is 1.28 bits per heavy atom. The van der Waals surface area contributed by atoms with E-state index in [0.717, 1.165) is 10.4 Å². The number of ether oxygens (including phenoxy) is 7. The van der Waals surface area contributed by atoms with Crippen molar-refractivity contribution in [1.29, 1.82) is 0 Å². The van der Waals surface area contributed by atoms with Crippen LogP contribution >= 0.6 is 0 Å². The van der Waals surface area contributed by atoms with Crippen LogP contribution in [0.4, 0.5) is 0 Å². The first-order valence-electron chi connectivity index (χ1n) is 23.5. The third-order valence-electron chi connectivity index (χ3n) is 12.6. The molecule has 2 fully saturated rings. The number of hydrogen-bond acceptors (Lipinski definition) is 15. The van der Waals surface area contributed by atoms with Crippen molar-refractivity contribution in [2.45, 2.75) is 87.2 Å². The molecule has 16 heteroatoms. The molecule has 0 spiro atoms. The lowest BCUT2D eigenvalue weighted by molar-refractivity contribution is -0.352. The predicted octanol–water partition coefficient (Wildman–Crippen LogP) is 5.65. The van der Waals surface area contributed by atoms with E-state index in [2.05, 4.69) is 20.8 Å². The van der Waals surface area contributed by atoms with Crippen LogP contribution in [0.15, 0.2) is 182 Å². The van der Waals surface area contributed by atoms with Crippen LogP contribution in [0.1, 0.15) is 62.2 Å². The zero-order valence-electron chi connectivity index (χ0n) is 39.7. The van der Waals surface area contributed by atoms with Crippen LogP contribution in [0.2, 0.25) is 5.04 Å². The van der Waals surface area contributed by atoms with Gasteiger partial charge < -0.3 is 52.9 Å². The van der Waals surface area contributed by atoms with E-state index in [0.29, 0.717) is 0 Å². The van der Waals surface area contributed by atoms with Crippen molar-refractivity contribution < 1.29 is 72.1 Å². The second kappa shape index (κ2) is 23.1. The summed E-state index contributed by atoms with van der Waals surface area (Å²) in [6.07, 6.45) is -17.6. The molecule has 0 saturated carbocycles. The summed E-state index contributed by atoms with van der Waals surface area (Å²) in [6, 6.07) is 51.1. The largest absolute Gasteiger partial charge is 0.459 e. The Hall–Kier alpha value is -6.86. The second-order valence-corrected chi connectivity index (χ2v) is 22.6. The first-order chi connectivity index (χ1) is 34.7. The number of hydrogen-bond donors (Lipinski definition) is 3. The molecule has 2 saturated heterocycles. The van der Waals surface area contributed by atoms with Crippen molar-refractivity contribution in [3.8, 4) is 0 Å². The van der Waals surface area contributed by atoms with Gasteiger partial charge in [-0.3, -0.25) is 0 Å². The van der Waals surface area contributed by atoms with Crippen molar-refractivity contribution in [1.82, 2.24) is 0 Å². The van der Waals surface area contributed by atoms with Gasteiger partial charge in [-0.2, -0.15) is 0 Å². The molecule has 8 rings (SSSR count). The highest BCUT2D eigenvalue weighted by Crippen LogP contribution is 2.39. The summed E-state index contributed by atoms with van der Waals surface area (Å²) in [7, 11) is -3.32. The molecular formula is C56H56O15Si. The smallest absolute Gasteiger partial charge is 0.338 e. The van der Waals surface area contributed by atoms with Crippen LogP contribution in [0.5, 0.6) is 0 Å². The zero-order valence-corrected chi connectivity index (χ0v) is 40.7. The first kappa shape index (κ1) is 51.5. The summed E-state index contributed by atoms with van der Waals surface area (Å²) in [5.41, 5.74) is 0.420. The highest BCUT2D eigenvalue weighted by molar-refractivity contribution is 6.99. The van der Waals surface area contributed by atoms with Crippen LogP contribution in [0.25, 0.3) is 0 Å². The summed E-state index contributed by atoms with van der Waals surface area (Å²) < 4.78 is 50.3. The van der Waals surface area contributed by atoms with Crippen molar-refractivity contribution in [3.63, 3.8) is 0 Å². The summed E-state index contributed by atoms with van der Waals surface area (Å²) in [6.45, 7) is 5.22. The minimum atomic E-state index is -3.32. The van der Waals surface area contributed by atoms with Gasteiger partial charge >= 0.3 is 23.9 Å². The van der Waals surface area contributed by atoms with Gasteiger partial charge in [0.15, 0.2) is 30.9 Å². The number of carbonyl (C=O) groups excluding carboxylic acids is 4. The highest BCUT2D eigenvalue weighted by atomic mass is 28.4. The van der Waals surface area contributed by atoms with Crippen LogP contribution in [-0.4, -0.2) is 122 Å². The Morgan fingerprint density at radius 1 is 0.458 bits per heavy atom. The number of aliphatic hydroxyl groups is 3. The number of esters is 4. The molecule has 2 heterocycles. The zero-order chi connectivity index (χ0) is 50.8. The Morgan fingerprint density at radius 2 is 0.847 bits per heavy atom. The van der Waals surface area contributed by atoms with Gasteiger partial charge in [0.1, 0.15) is 37.1 Å². The van der Waals surface area contributed by atoms with Crippen LogP contribution in [-0.2, 0) is 37.6 Å². The van der Waals surface area contributed by atoms with Crippen molar-refractivity contribution in [3.05, 3.63) is 204 Å². The van der Waals surface area contributed by atoms with E-state index in [1.54, 1.807) is 72.8 Å². The van der Waals surface area contributed by atoms with Crippen molar-refractivity contribution in [2.75, 3.05) is 13.2 Å². The molecule has 0 radical (unpaired) electrons. The molecule has 6 aromatic carbocycles. The molecule has 72 heavy (non-hydrogen) atoms. The van der Waals surface area contributed by atoms with Gasteiger partial charge in [0.25, 0.3) is 8.32 Å². The Balaban J connectivity index is 1.20. The lowest BCUT2D eigenvalue weighted by Gasteiger charge is -2.48. The lowest BCUT2D eigenvalue weighted by atomic mass is 9.96. The third kappa shape index (κ3) is 11.6. The average Bonchev–Trinajstić information content (AvgIpc) is 3.41. The molecule has 6 aromatic rings. The third-order valence-corrected chi connectivity index (χ3v) is 17.6. The first-order valence-corrected chi connectivity index (χ1v) is 25.4. The quantitative estimate of drug-likeness (QED) is 0.0610. The van der Waals surface area contributed by atoms with Gasteiger partial charge in [-0.1, -0.05) is 154 Å². The Labute approximate surface area is 417 Å². The fourth-order valence-corrected chi connectivity index (χ4v) is 13.5. The molecule has 3 N–H and O–H groups in total. The van der Waals surface area contributed by atoms with Crippen LogP contribution in [0.3, 0.4) is 0 Å². The fraction of sp³-hybridized carbons (Fsp3) is 0.286. The maximum Gasteiger partial charge on any atom is 0.338 e. The molecular weight excluding hydrogens is 941 g/mol. The predicted molar refractivity (Wildman–Crippen MR) is 264 cm³/mol. The molecule has 374 valence electrons. The second-order valence-electron chi connectivity index (χ2n) is 18.3. The van der Waals surface area contributed by atoms with Gasteiger partial charge in [0.05, 0.1) is 28.9 Å². The molecule has 10 atom stereocenters. The Kier molecular flexibility index (Phi) is 16.5. The molecule has 15 nitrogen and oxygen atoms in total. The molecule has 0 amide bonds. The highest BCUT2D eigenvalue weighted by Gasteiger charge is 2.57. The van der Waals surface area contributed by atoms with E-state index < -0.39 is 105 Å². The standard InChI is InChI=1S/C56H56O15Si/c1-56(2,3)72(40-30-18-8-19-31-40,41-32-20-9-21-33-41)65-35-42-44(57)45(58)47(68-51(60)37-24-12-5-13-25-37)55(67-42)71-46-43(34-64-50(59)36-22-10-4-11-23-36)66-54(63)49(70-53(62)39-28-16-7-17-29-39)48(46)69-52(61)38-26-14-6-15-27-38/h4-33,42-49,54-55,57-58,63H,34-35H2,1-3H3/t42-,43-,44+,45+,46-,47-,48+,49-,54+,55+/m1/s1. The van der Waals surface area contributed by atoms with Gasteiger partial charge in [-0.05, 0) is 63.9 Å².